The predicted octanol–water partition coefficient (Wildman–Crippen LogP) is 1.44. The van der Waals surface area contributed by atoms with Crippen LogP contribution in [-0.4, -0.2) is 40.1 Å². The van der Waals surface area contributed by atoms with Crippen molar-refractivity contribution in [1.29, 1.82) is 0 Å². The second-order valence-electron chi connectivity index (χ2n) is 3.66. The smallest absolute Gasteiger partial charge is 0.229 e. The Hall–Kier alpha value is -1.31. The average Bonchev–Trinajstić information content (AvgIpc) is 2.78. The Morgan fingerprint density at radius 1 is 1.56 bits per heavy atom. The van der Waals surface area contributed by atoms with E-state index in [4.69, 9.17) is 9.26 Å². The maximum absolute atomic E-state index is 9.56. The molecule has 0 aliphatic heterocycles. The molecule has 1 unspecified atom stereocenters. The van der Waals surface area contributed by atoms with E-state index in [-0.39, 0.29) is 13.0 Å². The van der Waals surface area contributed by atoms with Gasteiger partial charge in [0.05, 0.1) is 19.1 Å². The number of ether oxygens (including phenoxy) is 1. The van der Waals surface area contributed by atoms with Gasteiger partial charge >= 0.3 is 0 Å². The van der Waals surface area contributed by atoms with Gasteiger partial charge in [-0.15, -0.1) is 0 Å². The van der Waals surface area contributed by atoms with E-state index >= 15 is 0 Å². The highest BCUT2D eigenvalue weighted by molar-refractivity contribution is 9.10. The topological polar surface area (TPSA) is 81.3 Å². The van der Waals surface area contributed by atoms with Gasteiger partial charge in [-0.25, -0.2) is 0 Å². The normalized spacial score (nSPS) is 12.6. The van der Waals surface area contributed by atoms with E-state index in [1.807, 2.05) is 6.07 Å². The van der Waals surface area contributed by atoms with Crippen molar-refractivity contribution in [2.24, 2.45) is 0 Å². The quantitative estimate of drug-likeness (QED) is 0.899. The molecule has 7 heteroatoms. The lowest BCUT2D eigenvalue weighted by Gasteiger charge is -2.04. The number of aliphatic hydroxyl groups is 1. The summed E-state index contributed by atoms with van der Waals surface area (Å²) in [5.41, 5.74) is 0.605. The van der Waals surface area contributed by atoms with Crippen LogP contribution in [0.3, 0.4) is 0 Å². The number of hydrogen-bond acceptors (Lipinski definition) is 6. The Balaban J connectivity index is 2.13. The number of aliphatic hydroxyl groups excluding tert-OH is 1. The molecule has 0 saturated heterocycles. The Labute approximate surface area is 112 Å². The molecule has 0 saturated carbocycles. The Morgan fingerprint density at radius 3 is 3.11 bits per heavy atom. The Morgan fingerprint density at radius 2 is 2.39 bits per heavy atom. The fourth-order valence-electron chi connectivity index (χ4n) is 1.44. The fourth-order valence-corrected chi connectivity index (χ4v) is 1.87. The largest absolute Gasteiger partial charge is 0.390 e. The molecule has 1 atom stereocenters. The summed E-state index contributed by atoms with van der Waals surface area (Å²) in [6, 6.07) is 3.65. The fraction of sp³-hybridized carbons (Fsp3) is 0.364. The van der Waals surface area contributed by atoms with E-state index in [1.165, 1.54) is 7.11 Å². The third-order valence-corrected chi connectivity index (χ3v) is 2.85. The van der Waals surface area contributed by atoms with Gasteiger partial charge in [0, 0.05) is 17.8 Å². The summed E-state index contributed by atoms with van der Waals surface area (Å²) >= 11 is 3.36. The van der Waals surface area contributed by atoms with Gasteiger partial charge in [0.2, 0.25) is 11.7 Å². The summed E-state index contributed by atoms with van der Waals surface area (Å²) in [4.78, 5) is 8.34. The van der Waals surface area contributed by atoms with Crippen LogP contribution in [0.5, 0.6) is 0 Å². The molecule has 0 aliphatic rings. The standard InChI is InChI=1S/C11H12BrN3O3/c1-17-6-7(16)5-9-14-11(15-18-9)10-8(12)3-2-4-13-10/h2-4,7,16H,5-6H2,1H3. The second-order valence-corrected chi connectivity index (χ2v) is 4.51. The van der Waals surface area contributed by atoms with Gasteiger partial charge in [0.25, 0.3) is 0 Å². The van der Waals surface area contributed by atoms with Gasteiger partial charge in [-0.05, 0) is 28.1 Å². The molecule has 18 heavy (non-hydrogen) atoms. The molecule has 0 bridgehead atoms. The van der Waals surface area contributed by atoms with Crippen LogP contribution in [0.25, 0.3) is 11.5 Å². The Bertz CT molecular complexity index is 518. The van der Waals surface area contributed by atoms with Gasteiger partial charge in [-0.1, -0.05) is 5.16 Å². The average molecular weight is 314 g/mol. The van der Waals surface area contributed by atoms with Crippen LogP contribution in [0.4, 0.5) is 0 Å². The van der Waals surface area contributed by atoms with Crippen molar-refractivity contribution < 1.29 is 14.4 Å². The van der Waals surface area contributed by atoms with Gasteiger partial charge in [-0.3, -0.25) is 4.98 Å². The van der Waals surface area contributed by atoms with Gasteiger partial charge < -0.3 is 14.4 Å². The van der Waals surface area contributed by atoms with Crippen LogP contribution in [0.15, 0.2) is 27.3 Å². The maximum Gasteiger partial charge on any atom is 0.229 e. The van der Waals surface area contributed by atoms with Crippen LogP contribution in [-0.2, 0) is 11.2 Å². The maximum atomic E-state index is 9.56. The lowest BCUT2D eigenvalue weighted by Crippen LogP contribution is -2.17. The summed E-state index contributed by atoms with van der Waals surface area (Å²) in [6.45, 7) is 0.227. The predicted molar refractivity (Wildman–Crippen MR) is 66.8 cm³/mol. The minimum absolute atomic E-state index is 0.227. The van der Waals surface area contributed by atoms with Gasteiger partial charge in [0.15, 0.2) is 0 Å². The molecule has 2 aromatic heterocycles. The lowest BCUT2D eigenvalue weighted by atomic mass is 10.2. The number of methoxy groups -OCH3 is 1. The molecule has 2 rings (SSSR count). The van der Waals surface area contributed by atoms with Crippen LogP contribution in [0.2, 0.25) is 0 Å². The SMILES string of the molecule is COCC(O)Cc1nc(-c2ncccc2Br)no1. The highest BCUT2D eigenvalue weighted by atomic mass is 79.9. The molecule has 0 spiro atoms. The summed E-state index contributed by atoms with van der Waals surface area (Å²) in [5, 5.41) is 13.4. The number of halogens is 1. The van der Waals surface area contributed by atoms with E-state index in [0.717, 1.165) is 4.47 Å². The molecule has 6 nitrogen and oxygen atoms in total. The van der Waals surface area contributed by atoms with E-state index < -0.39 is 6.10 Å². The number of aromatic nitrogens is 3. The lowest BCUT2D eigenvalue weighted by molar-refractivity contribution is 0.0599. The molecule has 0 amide bonds. The molecule has 1 N–H and O–H groups in total. The van der Waals surface area contributed by atoms with E-state index in [9.17, 15) is 5.11 Å². The number of rotatable bonds is 5. The molecule has 2 aromatic rings. The second kappa shape index (κ2) is 6.03. The number of pyridine rings is 1. The van der Waals surface area contributed by atoms with E-state index in [1.54, 1.807) is 12.3 Å². The first-order valence-corrected chi connectivity index (χ1v) is 6.10. The summed E-state index contributed by atoms with van der Waals surface area (Å²) in [7, 11) is 1.52. The van der Waals surface area contributed by atoms with Crippen LogP contribution in [0, 0.1) is 0 Å². The van der Waals surface area contributed by atoms with Crippen molar-refractivity contribution in [1.82, 2.24) is 15.1 Å². The van der Waals surface area contributed by atoms with Crippen LogP contribution in [0.1, 0.15) is 5.89 Å². The van der Waals surface area contributed by atoms with E-state index in [0.29, 0.717) is 17.4 Å². The first-order valence-electron chi connectivity index (χ1n) is 5.31. The summed E-state index contributed by atoms with van der Waals surface area (Å²) in [5.74, 6) is 0.745. The molecular weight excluding hydrogens is 302 g/mol. The molecule has 0 aromatic carbocycles. The zero-order chi connectivity index (χ0) is 13.0. The highest BCUT2D eigenvalue weighted by Crippen LogP contribution is 2.22. The number of hydrogen-bond donors (Lipinski definition) is 1. The first kappa shape index (κ1) is 13.1. The third-order valence-electron chi connectivity index (χ3n) is 2.21. The Kier molecular flexibility index (Phi) is 4.40. The molecular formula is C11H12BrN3O3. The molecule has 96 valence electrons. The van der Waals surface area contributed by atoms with Crippen molar-refractivity contribution in [3.63, 3.8) is 0 Å². The minimum atomic E-state index is -0.657. The monoisotopic (exact) mass is 313 g/mol. The minimum Gasteiger partial charge on any atom is -0.390 e. The number of nitrogens with zero attached hydrogens (tertiary/aromatic N) is 3. The van der Waals surface area contributed by atoms with Crippen molar-refractivity contribution in [3.8, 4) is 11.5 Å². The van der Waals surface area contributed by atoms with Gasteiger partial charge in [-0.2, -0.15) is 4.98 Å². The van der Waals surface area contributed by atoms with E-state index in [2.05, 4.69) is 31.1 Å². The van der Waals surface area contributed by atoms with Crippen molar-refractivity contribution >= 4 is 15.9 Å². The summed E-state index contributed by atoms with van der Waals surface area (Å²) in [6.07, 6.45) is 1.25. The van der Waals surface area contributed by atoms with Crippen LogP contribution >= 0.6 is 15.9 Å². The van der Waals surface area contributed by atoms with Gasteiger partial charge in [0.1, 0.15) is 5.69 Å². The highest BCUT2D eigenvalue weighted by Gasteiger charge is 2.15. The zero-order valence-corrected chi connectivity index (χ0v) is 11.3. The zero-order valence-electron chi connectivity index (χ0n) is 9.71. The molecule has 0 aliphatic carbocycles. The third kappa shape index (κ3) is 3.12. The van der Waals surface area contributed by atoms with Crippen molar-refractivity contribution in [2.45, 2.75) is 12.5 Å². The van der Waals surface area contributed by atoms with Crippen molar-refractivity contribution in [3.05, 3.63) is 28.7 Å². The molecule has 0 fully saturated rings. The summed E-state index contributed by atoms with van der Waals surface area (Å²) < 4.78 is 10.7. The van der Waals surface area contributed by atoms with Crippen molar-refractivity contribution in [2.75, 3.05) is 13.7 Å². The molecule has 2 heterocycles. The van der Waals surface area contributed by atoms with Crippen LogP contribution < -0.4 is 0 Å². The first-order chi connectivity index (χ1) is 8.70. The molecule has 0 radical (unpaired) electrons.